The van der Waals surface area contributed by atoms with Crippen LogP contribution in [0.25, 0.3) is 10.9 Å². The van der Waals surface area contributed by atoms with E-state index in [1.807, 2.05) is 30.0 Å². The molecule has 2 saturated heterocycles. The van der Waals surface area contributed by atoms with Gasteiger partial charge < -0.3 is 20.7 Å². The number of hydrogen-bond acceptors (Lipinski definition) is 5. The van der Waals surface area contributed by atoms with Crippen molar-refractivity contribution >= 4 is 63.2 Å². The van der Waals surface area contributed by atoms with E-state index >= 15 is 0 Å². The highest BCUT2D eigenvalue weighted by Gasteiger charge is 2.26. The van der Waals surface area contributed by atoms with Gasteiger partial charge in [-0.05, 0) is 55.7 Å². The summed E-state index contributed by atoms with van der Waals surface area (Å²) in [5.41, 5.74) is 8.35. The maximum atomic E-state index is 12.3. The van der Waals surface area contributed by atoms with E-state index in [-0.39, 0.29) is 25.0 Å². The van der Waals surface area contributed by atoms with E-state index in [2.05, 4.69) is 26.0 Å². The normalized spacial score (nSPS) is 20.3. The first-order valence-corrected chi connectivity index (χ1v) is 14.2. The summed E-state index contributed by atoms with van der Waals surface area (Å²) in [6, 6.07) is 5.90. The molecule has 4 N–H and O–H groups in total. The molecule has 2 aliphatic rings. The monoisotopic (exact) mass is 535 g/mol. The Morgan fingerprint density at radius 1 is 1.31 bits per heavy atom. The van der Waals surface area contributed by atoms with Crippen molar-refractivity contribution in [2.45, 2.75) is 32.2 Å². The van der Waals surface area contributed by atoms with E-state index in [0.29, 0.717) is 34.9 Å². The van der Waals surface area contributed by atoms with Crippen molar-refractivity contribution in [1.82, 2.24) is 14.8 Å². The van der Waals surface area contributed by atoms with Gasteiger partial charge in [-0.15, -0.1) is 0 Å². The fourth-order valence-electron chi connectivity index (χ4n) is 5.03. The molecule has 3 heterocycles. The van der Waals surface area contributed by atoms with Crippen molar-refractivity contribution in [3.63, 3.8) is 0 Å². The molecule has 10 heteroatoms. The molecule has 0 spiro atoms. The molecule has 1 atom stereocenters. The molecule has 1 aromatic carbocycles. The smallest absolute Gasteiger partial charge is 0.224 e. The Morgan fingerprint density at radius 3 is 2.89 bits per heavy atom. The first kappa shape index (κ1) is 26.4. The van der Waals surface area contributed by atoms with Crippen LogP contribution in [-0.2, 0) is 11.3 Å². The fourth-order valence-corrected chi connectivity index (χ4v) is 6.80. The van der Waals surface area contributed by atoms with Gasteiger partial charge in [-0.1, -0.05) is 36.0 Å². The number of aliphatic hydroxyl groups excluding tert-OH is 1. The molecule has 35 heavy (non-hydrogen) atoms. The van der Waals surface area contributed by atoms with E-state index < -0.39 is 0 Å². The Labute approximate surface area is 221 Å². The summed E-state index contributed by atoms with van der Waals surface area (Å²) >= 11 is 14.2. The summed E-state index contributed by atoms with van der Waals surface area (Å²) in [7, 11) is 0. The lowest BCUT2D eigenvalue weighted by Gasteiger charge is -2.31. The highest BCUT2D eigenvalue weighted by molar-refractivity contribution is 7.99. The largest absolute Gasteiger partial charge is 0.395 e. The number of aliphatic hydroxyl groups is 1. The summed E-state index contributed by atoms with van der Waals surface area (Å²) in [6.45, 7) is 3.13. The minimum Gasteiger partial charge on any atom is -0.395 e. The lowest BCUT2D eigenvalue weighted by atomic mass is 9.97. The molecule has 0 radical (unpaired) electrons. The van der Waals surface area contributed by atoms with Crippen LogP contribution >= 0.6 is 35.6 Å². The number of likely N-dealkylation sites (tertiary alicyclic amines) is 1. The molecule has 0 bridgehead atoms. The summed E-state index contributed by atoms with van der Waals surface area (Å²) in [5, 5.41) is 13.4. The number of thiocarbonyl (C=S) groups is 1. The van der Waals surface area contributed by atoms with Crippen molar-refractivity contribution in [3.8, 4) is 0 Å². The van der Waals surface area contributed by atoms with Crippen LogP contribution in [0.2, 0.25) is 5.02 Å². The minimum atomic E-state index is -0.0993. The second kappa shape index (κ2) is 12.5. The van der Waals surface area contributed by atoms with Gasteiger partial charge in [0, 0.05) is 36.8 Å². The van der Waals surface area contributed by atoms with Crippen LogP contribution in [0.15, 0.2) is 29.4 Å². The SMILES string of the molecule is NC(=NC(=S)CN1CCCC(C(=O)NCCO)C1)c1cn(CC2CCSCC2)c2c(Cl)cccc12. The van der Waals surface area contributed by atoms with Gasteiger partial charge in [0.05, 0.1) is 29.6 Å². The number of thioether (sulfide) groups is 1. The van der Waals surface area contributed by atoms with Crippen LogP contribution in [0, 0.1) is 11.8 Å². The van der Waals surface area contributed by atoms with Crippen molar-refractivity contribution < 1.29 is 9.90 Å². The van der Waals surface area contributed by atoms with E-state index in [0.717, 1.165) is 42.4 Å². The van der Waals surface area contributed by atoms with Crippen LogP contribution in [0.4, 0.5) is 0 Å². The van der Waals surface area contributed by atoms with E-state index in [1.54, 1.807) is 0 Å². The summed E-state index contributed by atoms with van der Waals surface area (Å²) in [5.74, 6) is 3.34. The Balaban J connectivity index is 1.47. The first-order valence-electron chi connectivity index (χ1n) is 12.3. The molecule has 2 fully saturated rings. The number of carbonyl (C=O) groups is 1. The zero-order chi connectivity index (χ0) is 24.8. The Hall–Kier alpha value is -1.65. The number of para-hydroxylation sites is 1. The molecule has 7 nitrogen and oxygen atoms in total. The molecule has 1 aromatic heterocycles. The van der Waals surface area contributed by atoms with Crippen LogP contribution in [0.3, 0.4) is 0 Å². The highest BCUT2D eigenvalue weighted by Crippen LogP contribution is 2.31. The molecular weight excluding hydrogens is 502 g/mol. The van der Waals surface area contributed by atoms with Gasteiger partial charge in [-0.3, -0.25) is 9.69 Å². The van der Waals surface area contributed by atoms with E-state index in [4.69, 9.17) is 34.7 Å². The molecule has 0 saturated carbocycles. The Morgan fingerprint density at radius 2 is 2.11 bits per heavy atom. The average molecular weight is 536 g/mol. The number of nitrogens with zero attached hydrogens (tertiary/aromatic N) is 3. The molecule has 2 aromatic rings. The van der Waals surface area contributed by atoms with E-state index in [9.17, 15) is 4.79 Å². The topological polar surface area (TPSA) is 95.9 Å². The molecule has 0 aliphatic carbocycles. The quantitative estimate of drug-likeness (QED) is 0.273. The van der Waals surface area contributed by atoms with Gasteiger partial charge in [0.2, 0.25) is 5.91 Å². The summed E-state index contributed by atoms with van der Waals surface area (Å²) in [4.78, 5) is 19.6. The third-order valence-electron chi connectivity index (χ3n) is 6.81. The Bertz CT molecular complexity index is 1080. The van der Waals surface area contributed by atoms with E-state index in [1.165, 1.54) is 24.3 Å². The van der Waals surface area contributed by atoms with Gasteiger partial charge in [0.1, 0.15) is 10.8 Å². The number of aliphatic imine (C=N–C) groups is 1. The lowest BCUT2D eigenvalue weighted by molar-refractivity contribution is -0.126. The lowest BCUT2D eigenvalue weighted by Crippen LogP contribution is -2.44. The molecule has 1 unspecified atom stereocenters. The van der Waals surface area contributed by atoms with Crippen molar-refractivity contribution in [2.75, 3.05) is 44.3 Å². The number of nitrogens with one attached hydrogen (secondary N) is 1. The number of amides is 1. The van der Waals surface area contributed by atoms with Gasteiger partial charge in [0.25, 0.3) is 0 Å². The number of fused-ring (bicyclic) bond motifs is 1. The third-order valence-corrected chi connectivity index (χ3v) is 8.39. The predicted molar refractivity (Wildman–Crippen MR) is 150 cm³/mol. The molecule has 1 amide bonds. The van der Waals surface area contributed by atoms with Gasteiger partial charge >= 0.3 is 0 Å². The van der Waals surface area contributed by atoms with Crippen LogP contribution < -0.4 is 11.1 Å². The second-order valence-corrected chi connectivity index (χ2v) is 11.5. The standard InChI is InChI=1S/C25H34ClN5O2S2/c26-21-5-1-4-19-20(15-31(23(19)21)13-17-6-11-35-12-7-17)24(27)29-22(34)16-30-9-2-3-18(14-30)25(33)28-8-10-32/h1,4-5,15,17-18,32H,2-3,6-14,16H2,(H,28,33)(H2,27,29,34). The van der Waals surface area contributed by atoms with Crippen LogP contribution in [-0.4, -0.2) is 75.6 Å². The number of amidine groups is 1. The number of carbonyl (C=O) groups excluding carboxylic acids is 1. The zero-order valence-corrected chi connectivity index (χ0v) is 22.3. The highest BCUT2D eigenvalue weighted by atomic mass is 35.5. The van der Waals surface area contributed by atoms with Gasteiger partial charge in [0.15, 0.2) is 0 Å². The van der Waals surface area contributed by atoms with Crippen molar-refractivity contribution in [3.05, 3.63) is 35.0 Å². The molecule has 190 valence electrons. The van der Waals surface area contributed by atoms with Crippen LogP contribution in [0.1, 0.15) is 31.2 Å². The number of halogens is 1. The maximum Gasteiger partial charge on any atom is 0.224 e. The number of rotatable bonds is 8. The molecular formula is C25H34ClN5O2S2. The average Bonchev–Trinajstić information content (AvgIpc) is 3.23. The summed E-state index contributed by atoms with van der Waals surface area (Å²) < 4.78 is 2.24. The van der Waals surface area contributed by atoms with Crippen LogP contribution in [0.5, 0.6) is 0 Å². The third kappa shape index (κ3) is 6.77. The fraction of sp³-hybridized carbons (Fsp3) is 0.560. The number of nitrogens with two attached hydrogens (primary N) is 1. The number of aromatic nitrogens is 1. The van der Waals surface area contributed by atoms with Gasteiger partial charge in [-0.2, -0.15) is 11.8 Å². The second-order valence-electron chi connectivity index (χ2n) is 9.37. The Kier molecular flexibility index (Phi) is 9.46. The first-order chi connectivity index (χ1) is 17.0. The van der Waals surface area contributed by atoms with Crippen molar-refractivity contribution in [1.29, 1.82) is 0 Å². The predicted octanol–water partition coefficient (Wildman–Crippen LogP) is 3.29. The molecule has 2 aliphatic heterocycles. The minimum absolute atomic E-state index is 0.0149. The van der Waals surface area contributed by atoms with Crippen molar-refractivity contribution in [2.24, 2.45) is 22.6 Å². The summed E-state index contributed by atoms with van der Waals surface area (Å²) in [6.07, 6.45) is 6.26. The zero-order valence-electron chi connectivity index (χ0n) is 19.9. The number of piperidine rings is 1. The van der Waals surface area contributed by atoms with Gasteiger partial charge in [-0.25, -0.2) is 4.99 Å². The maximum absolute atomic E-state index is 12.3. The number of benzene rings is 1. The number of hydrogen-bond donors (Lipinski definition) is 3. The molecule has 4 rings (SSSR count).